The molecule has 2 aromatic heterocycles. The number of imidazole rings is 1. The number of anilines is 1. The minimum Gasteiger partial charge on any atom is -0.394 e. The molecule has 4 rings (SSSR count). The van der Waals surface area contributed by atoms with E-state index in [-0.39, 0.29) is 19.1 Å². The maximum absolute atomic E-state index is 12.3. The van der Waals surface area contributed by atoms with E-state index in [0.29, 0.717) is 23.1 Å². The number of hydrogen-bond acceptors (Lipinski definition) is 6. The van der Waals surface area contributed by atoms with Crippen molar-refractivity contribution in [2.24, 2.45) is 0 Å². The number of aryl methyl sites for hydroxylation is 1. The third-order valence-electron chi connectivity index (χ3n) is 4.82. The Labute approximate surface area is 162 Å². The molecular formula is C20H23N5O3. The van der Waals surface area contributed by atoms with Crippen LogP contribution >= 0.6 is 0 Å². The summed E-state index contributed by atoms with van der Waals surface area (Å²) in [6.07, 6.45) is 6.47. The van der Waals surface area contributed by atoms with E-state index in [1.165, 1.54) is 0 Å². The van der Waals surface area contributed by atoms with Crippen LogP contribution in [0, 0.1) is 6.92 Å². The molecule has 0 spiro atoms. The summed E-state index contributed by atoms with van der Waals surface area (Å²) in [5.74, 6) is 0.501. The Kier molecular flexibility index (Phi) is 4.97. The first-order valence-corrected chi connectivity index (χ1v) is 9.33. The summed E-state index contributed by atoms with van der Waals surface area (Å²) in [4.78, 5) is 21.1. The van der Waals surface area contributed by atoms with Gasteiger partial charge in [-0.3, -0.25) is 9.20 Å². The molecule has 0 aliphatic heterocycles. The third-order valence-corrected chi connectivity index (χ3v) is 4.82. The van der Waals surface area contributed by atoms with E-state index < -0.39 is 6.10 Å². The predicted molar refractivity (Wildman–Crippen MR) is 105 cm³/mol. The van der Waals surface area contributed by atoms with Crippen molar-refractivity contribution in [2.75, 3.05) is 18.5 Å². The lowest BCUT2D eigenvalue weighted by Gasteiger charge is -2.11. The number of aliphatic hydroxyl groups excluding tert-OH is 2. The fourth-order valence-corrected chi connectivity index (χ4v) is 3.11. The molecule has 1 saturated carbocycles. The fourth-order valence-electron chi connectivity index (χ4n) is 3.11. The highest BCUT2D eigenvalue weighted by molar-refractivity contribution is 5.96. The second kappa shape index (κ2) is 7.57. The topological polar surface area (TPSA) is 112 Å². The lowest BCUT2D eigenvalue weighted by Crippen LogP contribution is -2.26. The molecule has 0 bridgehead atoms. The highest BCUT2D eigenvalue weighted by atomic mass is 16.3. The standard InChI is InChI=1S/C20H23N5O3/c1-12-8-13(2-5-16(12)20(28)24-14-3-4-14)17-10-23-19-18(21-6-7-25(17)19)22-9-15(27)11-26/h2,5-8,10,14-15,26-27H,3-4,9,11H2,1H3,(H,21,22)(H,24,28). The van der Waals surface area contributed by atoms with Gasteiger partial charge in [0.15, 0.2) is 11.5 Å². The van der Waals surface area contributed by atoms with Gasteiger partial charge in [-0.15, -0.1) is 0 Å². The molecule has 0 saturated heterocycles. The summed E-state index contributed by atoms with van der Waals surface area (Å²) in [6, 6.07) is 6.07. The van der Waals surface area contributed by atoms with Crippen molar-refractivity contribution in [3.8, 4) is 11.3 Å². The largest absolute Gasteiger partial charge is 0.394 e. The monoisotopic (exact) mass is 381 g/mol. The van der Waals surface area contributed by atoms with Gasteiger partial charge < -0.3 is 20.8 Å². The van der Waals surface area contributed by atoms with Gasteiger partial charge in [0.25, 0.3) is 5.91 Å². The van der Waals surface area contributed by atoms with E-state index in [2.05, 4.69) is 20.6 Å². The Morgan fingerprint density at radius 1 is 1.36 bits per heavy atom. The molecule has 4 N–H and O–H groups in total. The van der Waals surface area contributed by atoms with E-state index in [9.17, 15) is 9.90 Å². The molecule has 1 atom stereocenters. The molecule has 0 radical (unpaired) electrons. The van der Waals surface area contributed by atoms with Gasteiger partial charge >= 0.3 is 0 Å². The lowest BCUT2D eigenvalue weighted by molar-refractivity contribution is 0.0950. The molecule has 1 aromatic carbocycles. The Morgan fingerprint density at radius 3 is 2.89 bits per heavy atom. The molecule has 1 unspecified atom stereocenters. The number of carbonyl (C=O) groups is 1. The van der Waals surface area contributed by atoms with Crippen LogP contribution in [0.3, 0.4) is 0 Å². The summed E-state index contributed by atoms with van der Waals surface area (Å²) in [5.41, 5.74) is 4.03. The van der Waals surface area contributed by atoms with E-state index >= 15 is 0 Å². The zero-order chi connectivity index (χ0) is 19.7. The average Bonchev–Trinajstić information content (AvgIpc) is 3.40. The van der Waals surface area contributed by atoms with E-state index in [1.807, 2.05) is 35.7 Å². The van der Waals surface area contributed by atoms with Crippen LogP contribution in [0.2, 0.25) is 0 Å². The maximum atomic E-state index is 12.3. The molecule has 3 aromatic rings. The minimum atomic E-state index is -0.867. The van der Waals surface area contributed by atoms with Crippen molar-refractivity contribution < 1.29 is 15.0 Å². The van der Waals surface area contributed by atoms with Gasteiger partial charge in [0.1, 0.15) is 0 Å². The molecule has 2 heterocycles. The van der Waals surface area contributed by atoms with Crippen LogP contribution in [-0.2, 0) is 0 Å². The molecular weight excluding hydrogens is 358 g/mol. The number of aromatic nitrogens is 3. The minimum absolute atomic E-state index is 0.0252. The van der Waals surface area contributed by atoms with E-state index in [4.69, 9.17) is 5.11 Å². The van der Waals surface area contributed by atoms with Crippen LogP contribution in [0.25, 0.3) is 16.9 Å². The summed E-state index contributed by atoms with van der Waals surface area (Å²) < 4.78 is 1.90. The first-order chi connectivity index (χ1) is 13.6. The molecule has 8 heteroatoms. The highest BCUT2D eigenvalue weighted by Crippen LogP contribution is 2.26. The summed E-state index contributed by atoms with van der Waals surface area (Å²) in [6.45, 7) is 1.78. The van der Waals surface area contributed by atoms with Crippen LogP contribution in [0.5, 0.6) is 0 Å². The van der Waals surface area contributed by atoms with Crippen LogP contribution in [0.15, 0.2) is 36.8 Å². The number of fused-ring (bicyclic) bond motifs is 1. The summed E-state index contributed by atoms with van der Waals surface area (Å²) in [7, 11) is 0. The number of carbonyl (C=O) groups excluding carboxylic acids is 1. The molecule has 1 fully saturated rings. The first kappa shape index (κ1) is 18.4. The molecule has 8 nitrogen and oxygen atoms in total. The number of nitrogens with zero attached hydrogens (tertiary/aromatic N) is 3. The number of benzene rings is 1. The molecule has 1 amide bonds. The van der Waals surface area contributed by atoms with Crippen LogP contribution in [0.1, 0.15) is 28.8 Å². The zero-order valence-electron chi connectivity index (χ0n) is 15.6. The summed E-state index contributed by atoms with van der Waals surface area (Å²) in [5, 5.41) is 24.5. The second-order valence-corrected chi connectivity index (χ2v) is 7.11. The number of rotatable bonds is 7. The first-order valence-electron chi connectivity index (χ1n) is 9.33. The molecule has 1 aliphatic carbocycles. The highest BCUT2D eigenvalue weighted by Gasteiger charge is 2.24. The van der Waals surface area contributed by atoms with Crippen molar-refractivity contribution in [2.45, 2.75) is 31.9 Å². The third kappa shape index (κ3) is 3.69. The number of amides is 1. The molecule has 28 heavy (non-hydrogen) atoms. The predicted octanol–water partition coefficient (Wildman–Crippen LogP) is 1.36. The van der Waals surface area contributed by atoms with Gasteiger partial charge in [0.2, 0.25) is 0 Å². The Bertz CT molecular complexity index is 1010. The van der Waals surface area contributed by atoms with Gasteiger partial charge in [-0.1, -0.05) is 6.07 Å². The number of hydrogen-bond donors (Lipinski definition) is 4. The summed E-state index contributed by atoms with van der Waals surface area (Å²) >= 11 is 0. The van der Waals surface area contributed by atoms with Crippen molar-refractivity contribution in [3.63, 3.8) is 0 Å². The SMILES string of the molecule is Cc1cc(-c2cnc3c(NCC(O)CO)nccn23)ccc1C(=O)NC1CC1. The Hall–Kier alpha value is -2.97. The van der Waals surface area contributed by atoms with Gasteiger partial charge in [-0.2, -0.15) is 0 Å². The molecule has 1 aliphatic rings. The van der Waals surface area contributed by atoms with Gasteiger partial charge in [-0.25, -0.2) is 9.97 Å². The van der Waals surface area contributed by atoms with Crippen molar-refractivity contribution >= 4 is 17.4 Å². The van der Waals surface area contributed by atoms with Crippen LogP contribution in [0.4, 0.5) is 5.82 Å². The number of nitrogens with one attached hydrogen (secondary N) is 2. The quantitative estimate of drug-likeness (QED) is 0.492. The molecule has 146 valence electrons. The van der Waals surface area contributed by atoms with Gasteiger partial charge in [0.05, 0.1) is 24.6 Å². The van der Waals surface area contributed by atoms with Crippen LogP contribution < -0.4 is 10.6 Å². The average molecular weight is 381 g/mol. The van der Waals surface area contributed by atoms with Crippen LogP contribution in [-0.4, -0.2) is 55.8 Å². The normalized spacial score (nSPS) is 14.8. The van der Waals surface area contributed by atoms with E-state index in [0.717, 1.165) is 29.7 Å². The van der Waals surface area contributed by atoms with Gasteiger partial charge in [0, 0.05) is 36.1 Å². The van der Waals surface area contributed by atoms with E-state index in [1.54, 1.807) is 12.4 Å². The lowest BCUT2D eigenvalue weighted by atomic mass is 10.0. The van der Waals surface area contributed by atoms with Crippen molar-refractivity contribution in [1.29, 1.82) is 0 Å². The zero-order valence-corrected chi connectivity index (χ0v) is 15.6. The maximum Gasteiger partial charge on any atom is 0.251 e. The smallest absolute Gasteiger partial charge is 0.251 e. The fraction of sp³-hybridized carbons (Fsp3) is 0.350. The van der Waals surface area contributed by atoms with Gasteiger partial charge in [-0.05, 0) is 37.5 Å². The van der Waals surface area contributed by atoms with Crippen molar-refractivity contribution in [3.05, 3.63) is 47.9 Å². The van der Waals surface area contributed by atoms with Crippen molar-refractivity contribution in [1.82, 2.24) is 19.7 Å². The Balaban J connectivity index is 1.62. The second-order valence-electron chi connectivity index (χ2n) is 7.11. The number of aliphatic hydroxyl groups is 2. The Morgan fingerprint density at radius 2 is 2.18 bits per heavy atom.